The van der Waals surface area contributed by atoms with Crippen LogP contribution >= 0.6 is 0 Å². The average Bonchev–Trinajstić information content (AvgIpc) is 2.33. The van der Waals surface area contributed by atoms with E-state index in [9.17, 15) is 34.5 Å². The fourth-order valence-electron chi connectivity index (χ4n) is 2.15. The van der Waals surface area contributed by atoms with E-state index in [4.69, 9.17) is 5.11 Å². The molecule has 8 heteroatoms. The summed E-state index contributed by atoms with van der Waals surface area (Å²) in [4.78, 5) is 45.2. The number of hydrogen-bond donors (Lipinski definition) is 4. The maximum Gasteiger partial charge on any atom is 0.337 e. The van der Waals surface area contributed by atoms with Crippen molar-refractivity contribution in [1.82, 2.24) is 0 Å². The van der Waals surface area contributed by atoms with Crippen LogP contribution in [0, 0.1) is 13.8 Å². The van der Waals surface area contributed by atoms with Crippen LogP contribution in [0.2, 0.25) is 0 Å². The number of aryl methyl sites for hydroxylation is 2. The number of aliphatic carboxylic acids is 4. The van der Waals surface area contributed by atoms with Crippen molar-refractivity contribution in [2.45, 2.75) is 25.7 Å². The zero-order valence-electron chi connectivity index (χ0n) is 11.8. The van der Waals surface area contributed by atoms with Crippen molar-refractivity contribution in [3.63, 3.8) is 0 Å². The van der Waals surface area contributed by atoms with Crippen LogP contribution in [0.4, 0.5) is 0 Å². The van der Waals surface area contributed by atoms with Gasteiger partial charge in [-0.25, -0.2) is 14.4 Å². The minimum absolute atomic E-state index is 0.164. The molecule has 0 unspecified atom stereocenters. The lowest BCUT2D eigenvalue weighted by atomic mass is 9.76. The number of carbonyl (C=O) groups is 4. The van der Waals surface area contributed by atoms with Gasteiger partial charge in [0.15, 0.2) is 0 Å². The Balaban J connectivity index is 3.85. The molecule has 0 saturated carbocycles. The molecule has 0 fully saturated rings. The lowest BCUT2D eigenvalue weighted by Gasteiger charge is -2.24. The highest BCUT2D eigenvalue weighted by molar-refractivity contribution is 6.22. The summed E-state index contributed by atoms with van der Waals surface area (Å²) in [7, 11) is 0. The van der Waals surface area contributed by atoms with Crippen LogP contribution in [0.5, 0.6) is 0 Å². The molecule has 22 heavy (non-hydrogen) atoms. The lowest BCUT2D eigenvalue weighted by molar-refractivity contribution is -0.168. The first-order chi connectivity index (χ1) is 10.0. The number of carboxylic acids is 4. The van der Waals surface area contributed by atoms with E-state index in [-0.39, 0.29) is 5.56 Å². The summed E-state index contributed by atoms with van der Waals surface area (Å²) in [5.41, 5.74) is -2.94. The van der Waals surface area contributed by atoms with Gasteiger partial charge in [0.25, 0.3) is 5.41 Å². The molecule has 1 rings (SSSR count). The normalized spacial score (nSPS) is 11.0. The Morgan fingerprint density at radius 2 is 1.27 bits per heavy atom. The molecule has 4 N–H and O–H groups in total. The molecule has 8 nitrogen and oxygen atoms in total. The number of carboxylic acid groups (broad SMARTS) is 4. The summed E-state index contributed by atoms with van der Waals surface area (Å²) in [5, 5.41) is 36.6. The van der Waals surface area contributed by atoms with Gasteiger partial charge in [0, 0.05) is 0 Å². The quantitative estimate of drug-likeness (QED) is 0.552. The van der Waals surface area contributed by atoms with E-state index in [2.05, 4.69) is 0 Å². The molecule has 0 heterocycles. The Labute approximate surface area is 124 Å². The maximum atomic E-state index is 11.4. The largest absolute Gasteiger partial charge is 0.481 e. The van der Waals surface area contributed by atoms with Gasteiger partial charge in [0.05, 0.1) is 6.42 Å². The van der Waals surface area contributed by atoms with Crippen molar-refractivity contribution in [1.29, 1.82) is 0 Å². The Bertz CT molecular complexity index is 638. The van der Waals surface area contributed by atoms with Gasteiger partial charge in [-0.15, -0.1) is 0 Å². The lowest BCUT2D eigenvalue weighted by Crippen LogP contribution is -2.51. The molecule has 0 saturated heterocycles. The Hall–Kier alpha value is -2.90. The van der Waals surface area contributed by atoms with Crippen molar-refractivity contribution in [3.05, 3.63) is 34.4 Å². The van der Waals surface area contributed by atoms with E-state index >= 15 is 0 Å². The van der Waals surface area contributed by atoms with Crippen LogP contribution in [-0.2, 0) is 31.0 Å². The highest BCUT2D eigenvalue weighted by atomic mass is 16.4. The van der Waals surface area contributed by atoms with Crippen LogP contribution in [0.1, 0.15) is 22.3 Å². The van der Waals surface area contributed by atoms with Crippen molar-refractivity contribution >= 4 is 23.9 Å². The summed E-state index contributed by atoms with van der Waals surface area (Å²) < 4.78 is 0. The van der Waals surface area contributed by atoms with Gasteiger partial charge in [-0.3, -0.25) is 4.79 Å². The highest BCUT2D eigenvalue weighted by Gasteiger charge is 2.57. The third-order valence-electron chi connectivity index (χ3n) is 3.43. The molecule has 1 aromatic carbocycles. The first-order valence-corrected chi connectivity index (χ1v) is 6.07. The third-order valence-corrected chi connectivity index (χ3v) is 3.43. The van der Waals surface area contributed by atoms with Gasteiger partial charge in [-0.1, -0.05) is 12.1 Å². The fraction of sp³-hybridized carbons (Fsp3) is 0.286. The molecule has 0 aliphatic heterocycles. The minimum atomic E-state index is -3.26. The topological polar surface area (TPSA) is 149 Å². The monoisotopic (exact) mass is 310 g/mol. The molecule has 0 atom stereocenters. The number of rotatable bonds is 6. The first-order valence-electron chi connectivity index (χ1n) is 6.07. The predicted octanol–water partition coefficient (Wildman–Crippen LogP) is 0.422. The van der Waals surface area contributed by atoms with Crippen LogP contribution in [0.25, 0.3) is 0 Å². The van der Waals surface area contributed by atoms with E-state index in [0.717, 1.165) is 6.07 Å². The third kappa shape index (κ3) is 2.62. The SMILES string of the molecule is Cc1cc(CC(=O)O)c(C(C(=O)O)(C(=O)O)C(=O)O)cc1C. The van der Waals surface area contributed by atoms with Gasteiger partial charge in [0.2, 0.25) is 0 Å². The van der Waals surface area contributed by atoms with Gasteiger partial charge in [0.1, 0.15) is 0 Å². The minimum Gasteiger partial charge on any atom is -0.481 e. The van der Waals surface area contributed by atoms with Crippen LogP contribution in [0.3, 0.4) is 0 Å². The highest BCUT2D eigenvalue weighted by Crippen LogP contribution is 2.31. The van der Waals surface area contributed by atoms with Crippen LogP contribution in [0.15, 0.2) is 12.1 Å². The van der Waals surface area contributed by atoms with E-state index in [1.807, 2.05) is 0 Å². The van der Waals surface area contributed by atoms with Gasteiger partial charge >= 0.3 is 23.9 Å². The summed E-state index contributed by atoms with van der Waals surface area (Å²) in [5.74, 6) is -7.62. The van der Waals surface area contributed by atoms with E-state index in [1.165, 1.54) is 6.07 Å². The fourth-order valence-corrected chi connectivity index (χ4v) is 2.15. The second-order valence-corrected chi connectivity index (χ2v) is 4.83. The summed E-state index contributed by atoms with van der Waals surface area (Å²) in [6, 6.07) is 2.40. The molecule has 0 aromatic heterocycles. The summed E-state index contributed by atoms with van der Waals surface area (Å²) in [6.07, 6.45) is -0.688. The maximum absolute atomic E-state index is 11.4. The number of benzene rings is 1. The molecular formula is C14H14O8. The van der Waals surface area contributed by atoms with Crippen LogP contribution < -0.4 is 0 Å². The van der Waals surface area contributed by atoms with E-state index < -0.39 is 41.3 Å². The zero-order valence-corrected chi connectivity index (χ0v) is 11.8. The summed E-state index contributed by atoms with van der Waals surface area (Å²) in [6.45, 7) is 3.16. The predicted molar refractivity (Wildman–Crippen MR) is 71.8 cm³/mol. The average molecular weight is 310 g/mol. The molecule has 0 bridgehead atoms. The molecule has 118 valence electrons. The Kier molecular flexibility index (Phi) is 4.55. The molecule has 0 aliphatic carbocycles. The van der Waals surface area contributed by atoms with Crippen molar-refractivity contribution in [3.8, 4) is 0 Å². The van der Waals surface area contributed by atoms with Gasteiger partial charge in [-0.2, -0.15) is 0 Å². The second-order valence-electron chi connectivity index (χ2n) is 4.83. The van der Waals surface area contributed by atoms with E-state index in [1.54, 1.807) is 13.8 Å². The Morgan fingerprint density at radius 3 is 1.64 bits per heavy atom. The van der Waals surface area contributed by atoms with Gasteiger partial charge in [-0.05, 0) is 36.1 Å². The second kappa shape index (κ2) is 5.84. The van der Waals surface area contributed by atoms with Crippen molar-refractivity contribution in [2.24, 2.45) is 0 Å². The molecule has 0 aliphatic rings. The van der Waals surface area contributed by atoms with E-state index in [0.29, 0.717) is 11.1 Å². The van der Waals surface area contributed by atoms with Crippen molar-refractivity contribution < 1.29 is 39.6 Å². The summed E-state index contributed by atoms with van der Waals surface area (Å²) >= 11 is 0. The van der Waals surface area contributed by atoms with Crippen molar-refractivity contribution in [2.75, 3.05) is 0 Å². The molecule has 0 radical (unpaired) electrons. The zero-order chi connectivity index (χ0) is 17.2. The first kappa shape index (κ1) is 17.2. The standard InChI is InChI=1S/C14H14O8/c1-6-3-8(5-10(15)16)9(4-7(6)2)14(11(17)18,12(19)20)13(21)22/h3-4H,5H2,1-2H3,(H,15,16)(H,17,18)(H,19,20)(H,21,22). The van der Waals surface area contributed by atoms with Crippen LogP contribution in [-0.4, -0.2) is 44.3 Å². The molecule has 0 spiro atoms. The molecule has 1 aromatic rings. The van der Waals surface area contributed by atoms with Gasteiger partial charge < -0.3 is 20.4 Å². The molecule has 0 amide bonds. The number of hydrogen-bond acceptors (Lipinski definition) is 4. The molecular weight excluding hydrogens is 296 g/mol. The Morgan fingerprint density at radius 1 is 0.864 bits per heavy atom. The smallest absolute Gasteiger partial charge is 0.337 e.